The molecule has 0 spiro atoms. The summed E-state index contributed by atoms with van der Waals surface area (Å²) in [6, 6.07) is 8.86. The minimum absolute atomic E-state index is 0.0303. The van der Waals surface area contributed by atoms with E-state index in [1.807, 2.05) is 13.1 Å². The van der Waals surface area contributed by atoms with Crippen LogP contribution in [0.4, 0.5) is 30.6 Å². The number of nitrogens with zero attached hydrogens (tertiary/aromatic N) is 5. The second-order valence-electron chi connectivity index (χ2n) is 11.4. The Hall–Kier alpha value is -5.00. The maximum absolute atomic E-state index is 15.6. The van der Waals surface area contributed by atoms with E-state index in [0.29, 0.717) is 28.2 Å². The summed E-state index contributed by atoms with van der Waals surface area (Å²) in [5.41, 5.74) is 2.93. The number of hydrogen-bond acceptors (Lipinski definition) is 7. The molecule has 0 bridgehead atoms. The van der Waals surface area contributed by atoms with Crippen LogP contribution in [0.15, 0.2) is 48.8 Å². The van der Waals surface area contributed by atoms with Crippen LogP contribution >= 0.6 is 0 Å². The molecule has 0 unspecified atom stereocenters. The Morgan fingerprint density at radius 2 is 1.66 bits per heavy atom. The zero-order valence-electron chi connectivity index (χ0n) is 25.6. The standard InChI is InChI=1S/C32H33F2N5O5/c1-18-22(17-37(5)36-18)23-13-24-20(15-35-23)16-38(30-28(33)25(42-6)14-26(43-7)29(30)34)31(41)39(24)21-10-8-19(9-11-21)12-27(40)44-32(2,3)4/h8-11,13-15,17H,12,16H2,1-7H3. The summed E-state index contributed by atoms with van der Waals surface area (Å²) in [6.45, 7) is 7.05. The summed E-state index contributed by atoms with van der Waals surface area (Å²) in [5.74, 6) is -3.06. The largest absolute Gasteiger partial charge is 0.493 e. The molecule has 2 aromatic heterocycles. The van der Waals surface area contributed by atoms with E-state index in [2.05, 4.69) is 10.1 Å². The number of carbonyl (C=O) groups excluding carboxylic acids is 2. The van der Waals surface area contributed by atoms with Gasteiger partial charge in [-0.05, 0) is 51.5 Å². The number of halogens is 2. The van der Waals surface area contributed by atoms with Crippen LogP contribution in [-0.2, 0) is 29.5 Å². The average molecular weight is 606 g/mol. The van der Waals surface area contributed by atoms with Gasteiger partial charge in [0.05, 0.1) is 49.9 Å². The molecule has 10 nitrogen and oxygen atoms in total. The van der Waals surface area contributed by atoms with Crippen molar-refractivity contribution in [2.24, 2.45) is 7.05 Å². The first-order valence-electron chi connectivity index (χ1n) is 13.8. The van der Waals surface area contributed by atoms with Crippen LogP contribution < -0.4 is 19.3 Å². The van der Waals surface area contributed by atoms with Gasteiger partial charge in [0.1, 0.15) is 11.3 Å². The van der Waals surface area contributed by atoms with Crippen molar-refractivity contribution in [2.75, 3.05) is 24.0 Å². The summed E-state index contributed by atoms with van der Waals surface area (Å²) in [4.78, 5) is 33.6. The molecule has 3 heterocycles. The Morgan fingerprint density at radius 3 is 2.20 bits per heavy atom. The van der Waals surface area contributed by atoms with Gasteiger partial charge >= 0.3 is 12.0 Å². The predicted molar refractivity (Wildman–Crippen MR) is 160 cm³/mol. The fraction of sp³-hybridized carbons (Fsp3) is 0.312. The van der Waals surface area contributed by atoms with E-state index in [-0.39, 0.29) is 24.5 Å². The van der Waals surface area contributed by atoms with Crippen LogP contribution in [0.3, 0.4) is 0 Å². The number of carbonyl (C=O) groups is 2. The molecule has 2 amide bonds. The Balaban J connectivity index is 1.62. The Kier molecular flexibility index (Phi) is 8.02. The SMILES string of the molecule is COc1cc(OC)c(F)c(N2Cc3cnc(-c4cn(C)nc4C)cc3N(c3ccc(CC(=O)OC(C)(C)C)cc3)C2=O)c1F. The van der Waals surface area contributed by atoms with E-state index < -0.39 is 34.9 Å². The van der Waals surface area contributed by atoms with Gasteiger partial charge in [-0.1, -0.05) is 12.1 Å². The van der Waals surface area contributed by atoms with Crippen molar-refractivity contribution in [2.45, 2.75) is 46.3 Å². The number of anilines is 3. The molecule has 44 heavy (non-hydrogen) atoms. The van der Waals surface area contributed by atoms with Gasteiger partial charge < -0.3 is 14.2 Å². The highest BCUT2D eigenvalue weighted by Crippen LogP contribution is 2.43. The first kappa shape index (κ1) is 30.5. The van der Waals surface area contributed by atoms with Crippen LogP contribution in [-0.4, -0.2) is 46.6 Å². The van der Waals surface area contributed by atoms with Gasteiger partial charge in [0.2, 0.25) is 0 Å². The van der Waals surface area contributed by atoms with Crippen LogP contribution in [0.25, 0.3) is 11.3 Å². The normalized spacial score (nSPS) is 13.2. The summed E-state index contributed by atoms with van der Waals surface area (Å²) in [7, 11) is 4.28. The maximum atomic E-state index is 15.6. The van der Waals surface area contributed by atoms with Gasteiger partial charge in [-0.25, -0.2) is 13.6 Å². The van der Waals surface area contributed by atoms with Gasteiger partial charge in [0, 0.05) is 36.6 Å². The van der Waals surface area contributed by atoms with Crippen molar-refractivity contribution in [1.82, 2.24) is 14.8 Å². The van der Waals surface area contributed by atoms with Crippen molar-refractivity contribution >= 4 is 29.1 Å². The average Bonchev–Trinajstić information content (AvgIpc) is 3.30. The van der Waals surface area contributed by atoms with E-state index in [1.54, 1.807) is 69.0 Å². The minimum Gasteiger partial charge on any atom is -0.493 e. The number of benzene rings is 2. The number of ether oxygens (including phenoxy) is 3. The number of pyridine rings is 1. The summed E-state index contributed by atoms with van der Waals surface area (Å²) >= 11 is 0. The number of rotatable bonds is 7. The molecular weight excluding hydrogens is 572 g/mol. The maximum Gasteiger partial charge on any atom is 0.334 e. The Morgan fingerprint density at radius 1 is 1.02 bits per heavy atom. The first-order chi connectivity index (χ1) is 20.8. The number of esters is 1. The molecule has 1 aliphatic heterocycles. The van der Waals surface area contributed by atoms with Gasteiger partial charge in [0.25, 0.3) is 0 Å². The van der Waals surface area contributed by atoms with Crippen molar-refractivity contribution < 1.29 is 32.6 Å². The lowest BCUT2D eigenvalue weighted by Gasteiger charge is -2.37. The van der Waals surface area contributed by atoms with Crippen LogP contribution in [0.2, 0.25) is 0 Å². The van der Waals surface area contributed by atoms with Crippen LogP contribution in [0.1, 0.15) is 37.6 Å². The van der Waals surface area contributed by atoms with Crippen molar-refractivity contribution in [3.63, 3.8) is 0 Å². The summed E-state index contributed by atoms with van der Waals surface area (Å²) < 4.78 is 48.6. The molecule has 2 aromatic carbocycles. The number of amides is 2. The molecule has 1 aliphatic rings. The first-order valence-corrected chi connectivity index (χ1v) is 13.8. The molecule has 0 saturated heterocycles. The zero-order chi connectivity index (χ0) is 31.9. The predicted octanol–water partition coefficient (Wildman–Crippen LogP) is 6.25. The molecule has 0 aliphatic carbocycles. The molecule has 0 atom stereocenters. The van der Waals surface area contributed by atoms with E-state index >= 15 is 8.78 Å². The monoisotopic (exact) mass is 605 g/mol. The van der Waals surface area contributed by atoms with Gasteiger partial charge in [-0.15, -0.1) is 0 Å². The fourth-order valence-electron chi connectivity index (χ4n) is 5.10. The third kappa shape index (κ3) is 5.79. The molecule has 5 rings (SSSR count). The second-order valence-corrected chi connectivity index (χ2v) is 11.4. The minimum atomic E-state index is -1.05. The van der Waals surface area contributed by atoms with E-state index in [0.717, 1.165) is 22.2 Å². The molecule has 0 fully saturated rings. The van der Waals surface area contributed by atoms with Crippen molar-refractivity contribution in [3.8, 4) is 22.8 Å². The third-order valence-electron chi connectivity index (χ3n) is 7.03. The van der Waals surface area contributed by atoms with Crippen LogP contribution in [0.5, 0.6) is 11.5 Å². The summed E-state index contributed by atoms with van der Waals surface area (Å²) in [5, 5.41) is 4.39. The summed E-state index contributed by atoms with van der Waals surface area (Å²) in [6.07, 6.45) is 3.43. The second kappa shape index (κ2) is 11.6. The molecule has 4 aromatic rings. The lowest BCUT2D eigenvalue weighted by molar-refractivity contribution is -0.153. The number of fused-ring (bicyclic) bond motifs is 1. The van der Waals surface area contributed by atoms with E-state index in [9.17, 15) is 9.59 Å². The van der Waals surface area contributed by atoms with Crippen LogP contribution in [0, 0.1) is 18.6 Å². The number of aromatic nitrogens is 3. The number of urea groups is 1. The Bertz CT molecular complexity index is 1720. The van der Waals surface area contributed by atoms with E-state index in [1.165, 1.54) is 19.1 Å². The number of methoxy groups -OCH3 is 2. The van der Waals surface area contributed by atoms with Crippen molar-refractivity contribution in [3.05, 3.63) is 77.2 Å². The van der Waals surface area contributed by atoms with Crippen molar-refractivity contribution in [1.29, 1.82) is 0 Å². The van der Waals surface area contributed by atoms with E-state index in [4.69, 9.17) is 14.2 Å². The number of hydrogen-bond donors (Lipinski definition) is 0. The molecule has 0 radical (unpaired) electrons. The zero-order valence-corrected chi connectivity index (χ0v) is 25.6. The topological polar surface area (TPSA) is 99.0 Å². The molecule has 12 heteroatoms. The van der Waals surface area contributed by atoms with Gasteiger partial charge in [0.15, 0.2) is 23.1 Å². The molecule has 0 N–H and O–H groups in total. The van der Waals surface area contributed by atoms with Gasteiger partial charge in [-0.3, -0.25) is 24.3 Å². The highest BCUT2D eigenvalue weighted by atomic mass is 19.1. The third-order valence-corrected chi connectivity index (χ3v) is 7.03. The molecule has 230 valence electrons. The molecule has 0 saturated carbocycles. The highest BCUT2D eigenvalue weighted by molar-refractivity contribution is 6.11. The quantitative estimate of drug-likeness (QED) is 0.230. The lowest BCUT2D eigenvalue weighted by atomic mass is 10.0. The van der Waals surface area contributed by atoms with Gasteiger partial charge in [-0.2, -0.15) is 5.10 Å². The highest BCUT2D eigenvalue weighted by Gasteiger charge is 2.38. The Labute approximate surface area is 253 Å². The number of aryl methyl sites for hydroxylation is 2. The molecular formula is C32H33F2N5O5. The fourth-order valence-corrected chi connectivity index (χ4v) is 5.10. The smallest absolute Gasteiger partial charge is 0.334 e. The lowest BCUT2D eigenvalue weighted by Crippen LogP contribution is -2.45.